The van der Waals surface area contributed by atoms with Gasteiger partial charge in [-0.1, -0.05) is 36.8 Å². The molecule has 1 aliphatic rings. The first-order valence-electron chi connectivity index (χ1n) is 13.4. The molecular weight excluding hydrogens is 608 g/mol. The summed E-state index contributed by atoms with van der Waals surface area (Å²) in [5.41, 5.74) is -4.40. The van der Waals surface area contributed by atoms with Crippen molar-refractivity contribution in [3.8, 4) is 16.9 Å². The van der Waals surface area contributed by atoms with Crippen molar-refractivity contribution in [1.82, 2.24) is 5.32 Å². The van der Waals surface area contributed by atoms with Crippen molar-refractivity contribution in [1.29, 1.82) is 0 Å². The fourth-order valence-electron chi connectivity index (χ4n) is 5.03. The van der Waals surface area contributed by atoms with E-state index >= 15 is 4.39 Å². The summed E-state index contributed by atoms with van der Waals surface area (Å²) in [6, 6.07) is 12.0. The summed E-state index contributed by atoms with van der Waals surface area (Å²) in [5, 5.41) is 14.1. The maximum Gasteiger partial charge on any atom is 0.501 e. The third kappa shape index (κ3) is 7.18. The minimum absolute atomic E-state index is 0.00466. The number of benzene rings is 3. The summed E-state index contributed by atoms with van der Waals surface area (Å²) >= 11 is 0. The number of hydrogen-bond donors (Lipinski definition) is 3. The van der Waals surface area contributed by atoms with E-state index in [1.165, 1.54) is 19.2 Å². The quantitative estimate of drug-likeness (QED) is 0.255. The molecule has 3 aromatic rings. The van der Waals surface area contributed by atoms with Crippen molar-refractivity contribution in [3.05, 3.63) is 77.6 Å². The third-order valence-electron chi connectivity index (χ3n) is 7.31. The molecule has 1 saturated carbocycles. The number of methoxy groups -OCH3 is 1. The van der Waals surface area contributed by atoms with Gasteiger partial charge in [0.1, 0.15) is 11.6 Å². The van der Waals surface area contributed by atoms with Gasteiger partial charge in [0.2, 0.25) is 5.91 Å². The first-order valence-corrected chi connectivity index (χ1v) is 14.9. The van der Waals surface area contributed by atoms with Gasteiger partial charge in [-0.25, -0.2) is 12.8 Å². The zero-order chi connectivity index (χ0) is 32.2. The molecule has 2 unspecified atom stereocenters. The summed E-state index contributed by atoms with van der Waals surface area (Å²) in [6.45, 7) is 0. The van der Waals surface area contributed by atoms with Gasteiger partial charge >= 0.3 is 11.5 Å². The van der Waals surface area contributed by atoms with E-state index in [1.54, 1.807) is 24.3 Å². The van der Waals surface area contributed by atoms with Crippen LogP contribution in [0, 0.1) is 11.7 Å². The molecule has 0 aliphatic heterocycles. The summed E-state index contributed by atoms with van der Waals surface area (Å²) in [6.07, 6.45) is 1.53. The minimum atomic E-state index is -5.62. The Bertz CT molecular complexity index is 1680. The average Bonchev–Trinajstić information content (AvgIpc) is 3.44. The second-order valence-electron chi connectivity index (χ2n) is 10.2. The standard InChI is InChI=1S/C30H28F4N2O7S/c1-43-26-16-24(31)22(18-11-8-17(9-12-18)10-13-27(37)38)15-23(26)29(40)36-25-7-3-6-21(25)28(39)35-19-4-2-5-20(14-19)44(41,42)30(32,33)34/h2,4-5,8-9,11-12,14-16,21,25H,3,6-7,10,13H2,1H3,(H,35,39)(H,36,40)(H,37,38). The van der Waals surface area contributed by atoms with Gasteiger partial charge in [-0.2, -0.15) is 13.2 Å². The number of anilines is 1. The number of alkyl halides is 3. The summed E-state index contributed by atoms with van der Waals surface area (Å²) < 4.78 is 82.7. The Morgan fingerprint density at radius 3 is 2.36 bits per heavy atom. The molecule has 2 atom stereocenters. The predicted octanol–water partition coefficient (Wildman–Crippen LogP) is 5.35. The molecule has 234 valence electrons. The van der Waals surface area contributed by atoms with E-state index in [2.05, 4.69) is 10.6 Å². The lowest BCUT2D eigenvalue weighted by Crippen LogP contribution is -2.42. The van der Waals surface area contributed by atoms with Crippen LogP contribution in [0.25, 0.3) is 11.1 Å². The van der Waals surface area contributed by atoms with Crippen molar-refractivity contribution in [2.45, 2.75) is 48.5 Å². The monoisotopic (exact) mass is 636 g/mol. The molecule has 0 bridgehead atoms. The van der Waals surface area contributed by atoms with E-state index < -0.39 is 55.8 Å². The Balaban J connectivity index is 1.51. The fraction of sp³-hybridized carbons (Fsp3) is 0.300. The number of aryl methyl sites for hydroxylation is 1. The number of amides is 2. The Kier molecular flexibility index (Phi) is 9.62. The Labute approximate surface area is 250 Å². The van der Waals surface area contributed by atoms with Crippen LogP contribution in [-0.2, 0) is 25.8 Å². The zero-order valence-corrected chi connectivity index (χ0v) is 24.1. The molecule has 0 spiro atoms. The highest BCUT2D eigenvalue weighted by Gasteiger charge is 2.47. The lowest BCUT2D eigenvalue weighted by atomic mass is 9.98. The van der Waals surface area contributed by atoms with Crippen LogP contribution >= 0.6 is 0 Å². The van der Waals surface area contributed by atoms with Crippen molar-refractivity contribution in [3.63, 3.8) is 0 Å². The normalized spacial score (nSPS) is 16.8. The van der Waals surface area contributed by atoms with Crippen LogP contribution < -0.4 is 15.4 Å². The minimum Gasteiger partial charge on any atom is -0.496 e. The molecule has 0 radical (unpaired) electrons. The maximum absolute atomic E-state index is 15.0. The molecule has 4 rings (SSSR count). The summed E-state index contributed by atoms with van der Waals surface area (Å²) in [4.78, 5) is 36.3. The van der Waals surface area contributed by atoms with E-state index in [0.29, 0.717) is 37.3 Å². The van der Waals surface area contributed by atoms with Crippen LogP contribution in [0.2, 0.25) is 0 Å². The first kappa shape index (κ1) is 32.5. The molecule has 44 heavy (non-hydrogen) atoms. The van der Waals surface area contributed by atoms with Crippen molar-refractivity contribution in [2.75, 3.05) is 12.4 Å². The third-order valence-corrected chi connectivity index (χ3v) is 8.80. The number of sulfone groups is 1. The van der Waals surface area contributed by atoms with Crippen LogP contribution in [0.3, 0.4) is 0 Å². The molecule has 1 fully saturated rings. The number of carboxylic acid groups (broad SMARTS) is 1. The molecular formula is C30H28F4N2O7S. The second kappa shape index (κ2) is 13.0. The molecule has 14 heteroatoms. The van der Waals surface area contributed by atoms with Crippen LogP contribution in [0.1, 0.15) is 41.6 Å². The zero-order valence-electron chi connectivity index (χ0n) is 23.3. The number of aliphatic carboxylic acids is 1. The number of carboxylic acids is 1. The molecule has 1 aliphatic carbocycles. The highest BCUT2D eigenvalue weighted by molar-refractivity contribution is 7.92. The van der Waals surface area contributed by atoms with Crippen LogP contribution in [0.5, 0.6) is 5.75 Å². The number of halogens is 4. The number of carbonyl (C=O) groups excluding carboxylic acids is 2. The summed E-state index contributed by atoms with van der Waals surface area (Å²) in [5.74, 6) is -3.72. The topological polar surface area (TPSA) is 139 Å². The molecule has 9 nitrogen and oxygen atoms in total. The van der Waals surface area contributed by atoms with Gasteiger partial charge in [0.25, 0.3) is 15.7 Å². The highest BCUT2D eigenvalue weighted by Crippen LogP contribution is 2.34. The molecule has 0 heterocycles. The van der Waals surface area contributed by atoms with Crippen LogP contribution in [0.15, 0.2) is 65.6 Å². The molecule has 3 N–H and O–H groups in total. The van der Waals surface area contributed by atoms with Gasteiger partial charge in [0.15, 0.2) is 0 Å². The maximum atomic E-state index is 15.0. The van der Waals surface area contributed by atoms with Gasteiger partial charge in [-0.15, -0.1) is 0 Å². The number of rotatable bonds is 10. The first-order chi connectivity index (χ1) is 20.7. The fourth-order valence-corrected chi connectivity index (χ4v) is 5.83. The van der Waals surface area contributed by atoms with Crippen molar-refractivity contribution in [2.24, 2.45) is 5.92 Å². The van der Waals surface area contributed by atoms with Gasteiger partial charge in [-0.05, 0) is 54.7 Å². The molecule has 3 aromatic carbocycles. The Morgan fingerprint density at radius 1 is 1.02 bits per heavy atom. The number of hydrogen-bond acceptors (Lipinski definition) is 6. The number of nitrogens with one attached hydrogen (secondary N) is 2. The second-order valence-corrected chi connectivity index (χ2v) is 12.1. The Morgan fingerprint density at radius 2 is 1.73 bits per heavy atom. The Hall–Kier alpha value is -4.46. The van der Waals surface area contributed by atoms with E-state index in [4.69, 9.17) is 9.84 Å². The van der Waals surface area contributed by atoms with Gasteiger partial charge in [-0.3, -0.25) is 14.4 Å². The summed E-state index contributed by atoms with van der Waals surface area (Å²) in [7, 11) is -4.36. The van der Waals surface area contributed by atoms with Crippen molar-refractivity contribution < 1.29 is 50.2 Å². The van der Waals surface area contributed by atoms with Gasteiger partial charge in [0.05, 0.1) is 23.5 Å². The lowest BCUT2D eigenvalue weighted by molar-refractivity contribution is -0.137. The number of ether oxygens (including phenoxy) is 1. The molecule has 0 saturated heterocycles. The number of carbonyl (C=O) groups is 3. The lowest BCUT2D eigenvalue weighted by Gasteiger charge is -2.22. The largest absolute Gasteiger partial charge is 0.501 e. The average molecular weight is 637 g/mol. The highest BCUT2D eigenvalue weighted by atomic mass is 32.2. The molecule has 2 amide bonds. The van der Waals surface area contributed by atoms with E-state index in [-0.39, 0.29) is 29.0 Å². The van der Waals surface area contributed by atoms with Gasteiger partial charge < -0.3 is 20.5 Å². The predicted molar refractivity (Wildman–Crippen MR) is 151 cm³/mol. The molecule has 0 aromatic heterocycles. The van der Waals surface area contributed by atoms with E-state index in [0.717, 1.165) is 23.8 Å². The van der Waals surface area contributed by atoms with Crippen LogP contribution in [-0.4, -0.2) is 50.0 Å². The smallest absolute Gasteiger partial charge is 0.496 e. The van der Waals surface area contributed by atoms with Gasteiger partial charge in [0, 0.05) is 29.8 Å². The van der Waals surface area contributed by atoms with E-state index in [1.807, 2.05) is 0 Å². The van der Waals surface area contributed by atoms with E-state index in [9.17, 15) is 36.0 Å². The van der Waals surface area contributed by atoms with Crippen molar-refractivity contribution >= 4 is 33.3 Å². The SMILES string of the molecule is COc1cc(F)c(-c2ccc(CCC(=O)O)cc2)cc1C(=O)NC1CCCC1C(=O)Nc1cccc(S(=O)(=O)C(F)(F)F)c1. The van der Waals surface area contributed by atoms with Crippen LogP contribution in [0.4, 0.5) is 23.2 Å².